The van der Waals surface area contributed by atoms with Crippen molar-refractivity contribution in [2.75, 3.05) is 0 Å². The maximum atomic E-state index is 12.6. The summed E-state index contributed by atoms with van der Waals surface area (Å²) in [6.45, 7) is 0. The van der Waals surface area contributed by atoms with Crippen molar-refractivity contribution in [2.24, 2.45) is 0 Å². The summed E-state index contributed by atoms with van der Waals surface area (Å²) in [4.78, 5) is 12.3. The van der Waals surface area contributed by atoms with E-state index >= 15 is 0 Å². The van der Waals surface area contributed by atoms with Crippen LogP contribution in [0.1, 0.15) is 22.3 Å². The molecule has 3 nitrogen and oxygen atoms in total. The molecule has 0 bridgehead atoms. The highest BCUT2D eigenvalue weighted by atomic mass is 16.6. The first-order chi connectivity index (χ1) is 21.7. The maximum Gasteiger partial charge on any atom is 0.277 e. The quantitative estimate of drug-likeness (QED) is 0.159. The van der Waals surface area contributed by atoms with E-state index in [-0.39, 0.29) is 10.6 Å². The lowest BCUT2D eigenvalue weighted by molar-refractivity contribution is -0.384. The standard InChI is InChI=1S/C41H25NO2/c43-42(44)39-23-22-27(26-12-2-1-3-13-26)24-34(39)33-25-38-40(31-17-5-4-14-28(31)33)32-18-8-11-21-37(32)41(38)35-19-9-6-15-29(35)30-16-7-10-20-36(30)41/h1-25H. The van der Waals surface area contributed by atoms with Crippen molar-refractivity contribution in [1.82, 2.24) is 0 Å². The molecule has 9 rings (SSSR count). The van der Waals surface area contributed by atoms with Crippen molar-refractivity contribution in [2.45, 2.75) is 5.41 Å². The van der Waals surface area contributed by atoms with Crippen molar-refractivity contribution < 1.29 is 4.92 Å². The van der Waals surface area contributed by atoms with E-state index in [4.69, 9.17) is 0 Å². The summed E-state index contributed by atoms with van der Waals surface area (Å²) in [7, 11) is 0. The zero-order valence-corrected chi connectivity index (χ0v) is 23.7. The van der Waals surface area contributed by atoms with Crippen LogP contribution in [-0.2, 0) is 5.41 Å². The number of hydrogen-bond donors (Lipinski definition) is 0. The fraction of sp³-hybridized carbons (Fsp3) is 0.0244. The molecule has 0 saturated carbocycles. The lowest BCUT2D eigenvalue weighted by atomic mass is 9.70. The van der Waals surface area contributed by atoms with Gasteiger partial charge in [-0.05, 0) is 90.2 Å². The molecule has 0 amide bonds. The first-order valence-electron chi connectivity index (χ1n) is 14.9. The number of nitro benzene ring substituents is 1. The third-order valence-electron chi connectivity index (χ3n) is 9.59. The molecular weight excluding hydrogens is 538 g/mol. The minimum atomic E-state index is -0.538. The molecule has 7 aromatic rings. The fourth-order valence-corrected chi connectivity index (χ4v) is 7.89. The summed E-state index contributed by atoms with van der Waals surface area (Å²) in [6, 6.07) is 52.4. The van der Waals surface area contributed by atoms with Crippen LogP contribution in [0.3, 0.4) is 0 Å². The smallest absolute Gasteiger partial charge is 0.258 e. The van der Waals surface area contributed by atoms with Gasteiger partial charge in [-0.1, -0.05) is 127 Å². The summed E-state index contributed by atoms with van der Waals surface area (Å²) in [5, 5.41) is 14.7. The molecule has 206 valence electrons. The number of nitro groups is 1. The molecule has 3 heteroatoms. The molecule has 2 aliphatic rings. The second kappa shape index (κ2) is 9.10. The predicted octanol–water partition coefficient (Wildman–Crippen LogP) is 10.4. The third kappa shape index (κ3) is 3.16. The maximum absolute atomic E-state index is 12.6. The van der Waals surface area contributed by atoms with Crippen LogP contribution in [0.4, 0.5) is 5.69 Å². The SMILES string of the molecule is O=[N+]([O-])c1ccc(-c2ccccc2)cc1-c1cc2c(c3ccccc13)-c1ccccc1C21c2ccccc2-c2ccccc21. The Hall–Kier alpha value is -5.80. The van der Waals surface area contributed by atoms with Crippen LogP contribution < -0.4 is 0 Å². The molecule has 0 aromatic heterocycles. The molecule has 7 aromatic carbocycles. The minimum absolute atomic E-state index is 0.103. The van der Waals surface area contributed by atoms with Crippen LogP contribution in [0.2, 0.25) is 0 Å². The molecule has 0 N–H and O–H groups in total. The molecule has 44 heavy (non-hydrogen) atoms. The van der Waals surface area contributed by atoms with E-state index in [1.807, 2.05) is 48.5 Å². The summed E-state index contributed by atoms with van der Waals surface area (Å²) in [5.74, 6) is 0. The van der Waals surface area contributed by atoms with Gasteiger partial charge in [-0.3, -0.25) is 10.1 Å². The number of fused-ring (bicyclic) bond motifs is 12. The Morgan fingerprint density at radius 3 is 1.64 bits per heavy atom. The van der Waals surface area contributed by atoms with Gasteiger partial charge in [-0.15, -0.1) is 0 Å². The lowest BCUT2D eigenvalue weighted by Gasteiger charge is -2.31. The first-order valence-corrected chi connectivity index (χ1v) is 14.9. The largest absolute Gasteiger partial charge is 0.277 e. The second-order valence-electron chi connectivity index (χ2n) is 11.6. The van der Waals surface area contributed by atoms with E-state index in [0.717, 1.165) is 27.5 Å². The molecule has 0 saturated heterocycles. The van der Waals surface area contributed by atoms with E-state index in [1.54, 1.807) is 6.07 Å². The number of nitrogens with zero attached hydrogens (tertiary/aromatic N) is 1. The van der Waals surface area contributed by atoms with Gasteiger partial charge in [-0.2, -0.15) is 0 Å². The van der Waals surface area contributed by atoms with Crippen LogP contribution in [0.25, 0.3) is 55.3 Å². The Morgan fingerprint density at radius 1 is 0.432 bits per heavy atom. The highest BCUT2D eigenvalue weighted by molar-refractivity contribution is 6.12. The molecule has 0 atom stereocenters. The summed E-state index contributed by atoms with van der Waals surface area (Å²) >= 11 is 0. The molecule has 0 fully saturated rings. The van der Waals surface area contributed by atoms with Gasteiger partial charge in [0.1, 0.15) is 0 Å². The van der Waals surface area contributed by atoms with Crippen LogP contribution in [-0.4, -0.2) is 4.92 Å². The minimum Gasteiger partial charge on any atom is -0.258 e. The highest BCUT2D eigenvalue weighted by Crippen LogP contribution is 2.64. The van der Waals surface area contributed by atoms with Crippen molar-refractivity contribution in [3.63, 3.8) is 0 Å². The first kappa shape index (κ1) is 24.8. The van der Waals surface area contributed by atoms with Crippen LogP contribution in [0.15, 0.2) is 152 Å². The van der Waals surface area contributed by atoms with E-state index in [9.17, 15) is 10.1 Å². The molecular formula is C41H25NO2. The van der Waals surface area contributed by atoms with Gasteiger partial charge in [0, 0.05) is 6.07 Å². The van der Waals surface area contributed by atoms with Crippen LogP contribution >= 0.6 is 0 Å². The lowest BCUT2D eigenvalue weighted by Crippen LogP contribution is -2.25. The van der Waals surface area contributed by atoms with Crippen LogP contribution in [0.5, 0.6) is 0 Å². The monoisotopic (exact) mass is 563 g/mol. The predicted molar refractivity (Wildman–Crippen MR) is 178 cm³/mol. The second-order valence-corrected chi connectivity index (χ2v) is 11.6. The van der Waals surface area contributed by atoms with Gasteiger partial charge in [0.2, 0.25) is 0 Å². The van der Waals surface area contributed by atoms with Crippen molar-refractivity contribution in [3.05, 3.63) is 184 Å². The number of rotatable bonds is 3. The summed E-state index contributed by atoms with van der Waals surface area (Å²) < 4.78 is 0. The summed E-state index contributed by atoms with van der Waals surface area (Å²) in [5.41, 5.74) is 12.8. The topological polar surface area (TPSA) is 43.1 Å². The Kier molecular flexibility index (Phi) is 5.12. The van der Waals surface area contributed by atoms with Gasteiger partial charge in [-0.25, -0.2) is 0 Å². The van der Waals surface area contributed by atoms with E-state index in [1.165, 1.54) is 44.5 Å². The molecule has 1 spiro atoms. The normalized spacial score (nSPS) is 13.4. The molecule has 0 aliphatic heterocycles. The van der Waals surface area contributed by atoms with Gasteiger partial charge < -0.3 is 0 Å². The Labute approximate surface area is 254 Å². The van der Waals surface area contributed by atoms with Gasteiger partial charge in [0.25, 0.3) is 5.69 Å². The van der Waals surface area contributed by atoms with E-state index < -0.39 is 5.41 Å². The highest BCUT2D eigenvalue weighted by Gasteiger charge is 2.52. The van der Waals surface area contributed by atoms with Crippen molar-refractivity contribution in [3.8, 4) is 44.5 Å². The fourth-order valence-electron chi connectivity index (χ4n) is 7.89. The Bertz CT molecular complexity index is 2270. The average Bonchev–Trinajstić information content (AvgIpc) is 3.55. The van der Waals surface area contributed by atoms with Gasteiger partial charge in [0.05, 0.1) is 15.9 Å². The van der Waals surface area contributed by atoms with Gasteiger partial charge >= 0.3 is 0 Å². The van der Waals surface area contributed by atoms with Gasteiger partial charge in [0.15, 0.2) is 0 Å². The Balaban J connectivity index is 1.45. The van der Waals surface area contributed by atoms with Crippen molar-refractivity contribution >= 4 is 16.5 Å². The summed E-state index contributed by atoms with van der Waals surface area (Å²) in [6.07, 6.45) is 0. The average molecular weight is 564 g/mol. The van der Waals surface area contributed by atoms with E-state index in [0.29, 0.717) is 5.56 Å². The third-order valence-corrected chi connectivity index (χ3v) is 9.59. The number of benzene rings is 7. The number of hydrogen-bond acceptors (Lipinski definition) is 2. The van der Waals surface area contributed by atoms with Crippen LogP contribution in [0, 0.1) is 10.1 Å². The zero-order chi connectivity index (χ0) is 29.4. The van der Waals surface area contributed by atoms with E-state index in [2.05, 4.69) is 97.1 Å². The Morgan fingerprint density at radius 2 is 0.977 bits per heavy atom. The molecule has 0 radical (unpaired) electrons. The zero-order valence-electron chi connectivity index (χ0n) is 23.7. The molecule has 0 unspecified atom stereocenters. The molecule has 2 aliphatic carbocycles. The van der Waals surface area contributed by atoms with Crippen molar-refractivity contribution in [1.29, 1.82) is 0 Å². The molecule has 0 heterocycles.